The number of benzene rings is 1. The van der Waals surface area contributed by atoms with E-state index in [-0.39, 0.29) is 11.4 Å². The van der Waals surface area contributed by atoms with E-state index in [0.29, 0.717) is 16.8 Å². The molecule has 0 saturated carbocycles. The highest BCUT2D eigenvalue weighted by Gasteiger charge is 2.14. The van der Waals surface area contributed by atoms with Crippen molar-refractivity contribution < 1.29 is 9.13 Å². The molecule has 1 aromatic heterocycles. The van der Waals surface area contributed by atoms with E-state index in [2.05, 4.69) is 4.98 Å². The smallest absolute Gasteiger partial charge is 0.151 e. The molecular formula is C13H16FNO. The largest absolute Gasteiger partial charge is 0.488 e. The second kappa shape index (κ2) is 3.51. The van der Waals surface area contributed by atoms with E-state index in [9.17, 15) is 4.39 Å². The quantitative estimate of drug-likeness (QED) is 0.778. The lowest BCUT2D eigenvalue weighted by Crippen LogP contribution is -2.22. The number of ether oxygens (including phenoxy) is 1. The number of aromatic nitrogens is 1. The number of hydrogen-bond acceptors (Lipinski definition) is 1. The van der Waals surface area contributed by atoms with Crippen molar-refractivity contribution in [1.82, 2.24) is 4.98 Å². The van der Waals surface area contributed by atoms with Gasteiger partial charge in [0.2, 0.25) is 0 Å². The van der Waals surface area contributed by atoms with E-state index in [1.165, 1.54) is 0 Å². The Balaban J connectivity index is 2.47. The summed E-state index contributed by atoms with van der Waals surface area (Å²) < 4.78 is 19.4. The minimum Gasteiger partial charge on any atom is -0.488 e. The van der Waals surface area contributed by atoms with Gasteiger partial charge in [-0.1, -0.05) is 0 Å². The highest BCUT2D eigenvalue weighted by molar-refractivity contribution is 5.82. The van der Waals surface area contributed by atoms with E-state index in [4.69, 9.17) is 4.74 Å². The summed E-state index contributed by atoms with van der Waals surface area (Å²) in [6, 6.07) is 5.43. The molecule has 1 N–H and O–H groups in total. The van der Waals surface area contributed by atoms with Crippen LogP contribution in [0.15, 0.2) is 18.2 Å². The van der Waals surface area contributed by atoms with Crippen LogP contribution in [0.4, 0.5) is 4.39 Å². The van der Waals surface area contributed by atoms with Crippen LogP contribution in [-0.2, 0) is 0 Å². The van der Waals surface area contributed by atoms with E-state index in [0.717, 1.165) is 5.52 Å². The van der Waals surface area contributed by atoms with Crippen molar-refractivity contribution in [3.8, 4) is 5.75 Å². The van der Waals surface area contributed by atoms with Gasteiger partial charge in [0, 0.05) is 16.6 Å². The maximum atomic E-state index is 13.7. The normalized spacial score (nSPS) is 12.1. The molecule has 0 aliphatic rings. The fraction of sp³-hybridized carbons (Fsp3) is 0.385. The van der Waals surface area contributed by atoms with Crippen molar-refractivity contribution in [3.63, 3.8) is 0 Å². The molecule has 0 atom stereocenters. The summed E-state index contributed by atoms with van der Waals surface area (Å²) in [5.41, 5.74) is 1.09. The Kier molecular flexibility index (Phi) is 2.41. The number of aryl methyl sites for hydroxylation is 1. The van der Waals surface area contributed by atoms with Gasteiger partial charge in [-0.2, -0.15) is 0 Å². The maximum absolute atomic E-state index is 13.7. The molecule has 0 unspecified atom stereocenters. The summed E-state index contributed by atoms with van der Waals surface area (Å²) in [4.78, 5) is 2.99. The monoisotopic (exact) mass is 221 g/mol. The topological polar surface area (TPSA) is 25.0 Å². The maximum Gasteiger partial charge on any atom is 0.151 e. The first kappa shape index (κ1) is 11.0. The van der Waals surface area contributed by atoms with Gasteiger partial charge in [0.1, 0.15) is 11.4 Å². The van der Waals surface area contributed by atoms with Gasteiger partial charge in [0.05, 0.1) is 0 Å². The molecule has 0 saturated heterocycles. The highest BCUT2D eigenvalue weighted by Crippen LogP contribution is 2.26. The van der Waals surface area contributed by atoms with Crippen molar-refractivity contribution in [1.29, 1.82) is 0 Å². The van der Waals surface area contributed by atoms with Crippen LogP contribution in [0.1, 0.15) is 26.5 Å². The third-order valence-corrected chi connectivity index (χ3v) is 2.30. The molecule has 0 aliphatic heterocycles. The predicted molar refractivity (Wildman–Crippen MR) is 63.4 cm³/mol. The van der Waals surface area contributed by atoms with Crippen LogP contribution in [0.5, 0.6) is 5.75 Å². The van der Waals surface area contributed by atoms with Crippen LogP contribution in [-0.4, -0.2) is 10.6 Å². The number of halogens is 1. The molecule has 1 heterocycles. The molecule has 0 radical (unpaired) electrons. The second-order valence-electron chi connectivity index (χ2n) is 4.99. The molecular weight excluding hydrogens is 205 g/mol. The van der Waals surface area contributed by atoms with Crippen molar-refractivity contribution >= 4 is 10.9 Å². The summed E-state index contributed by atoms with van der Waals surface area (Å²) in [5, 5.41) is 0.583. The number of H-pyrrole nitrogens is 1. The minimum atomic E-state index is -0.268. The number of fused-ring (bicyclic) bond motifs is 1. The van der Waals surface area contributed by atoms with Crippen molar-refractivity contribution in [3.05, 3.63) is 29.7 Å². The first-order valence-corrected chi connectivity index (χ1v) is 5.34. The molecule has 2 nitrogen and oxygen atoms in total. The zero-order valence-electron chi connectivity index (χ0n) is 10.0. The first-order valence-electron chi connectivity index (χ1n) is 5.34. The zero-order valence-corrected chi connectivity index (χ0v) is 10.0. The van der Waals surface area contributed by atoms with Gasteiger partial charge in [-0.25, -0.2) is 4.39 Å². The van der Waals surface area contributed by atoms with E-state index >= 15 is 0 Å². The van der Waals surface area contributed by atoms with Crippen molar-refractivity contribution in [2.24, 2.45) is 0 Å². The van der Waals surface area contributed by atoms with Gasteiger partial charge in [-0.3, -0.25) is 0 Å². The Morgan fingerprint density at radius 3 is 2.56 bits per heavy atom. The molecule has 0 fully saturated rings. The van der Waals surface area contributed by atoms with Crippen LogP contribution in [0.2, 0.25) is 0 Å². The molecule has 16 heavy (non-hydrogen) atoms. The summed E-state index contributed by atoms with van der Waals surface area (Å²) in [7, 11) is 0. The lowest BCUT2D eigenvalue weighted by atomic mass is 10.2. The molecule has 0 amide bonds. The average Bonchev–Trinajstić information content (AvgIpc) is 2.42. The first-order chi connectivity index (χ1) is 7.37. The van der Waals surface area contributed by atoms with Crippen LogP contribution in [0.3, 0.4) is 0 Å². The predicted octanol–water partition coefficient (Wildman–Crippen LogP) is 3.79. The van der Waals surface area contributed by atoms with Crippen molar-refractivity contribution in [2.45, 2.75) is 33.3 Å². The molecule has 0 aliphatic carbocycles. The highest BCUT2D eigenvalue weighted by atomic mass is 19.1. The second-order valence-corrected chi connectivity index (χ2v) is 4.99. The van der Waals surface area contributed by atoms with Crippen LogP contribution in [0.25, 0.3) is 10.9 Å². The van der Waals surface area contributed by atoms with Gasteiger partial charge < -0.3 is 9.72 Å². The van der Waals surface area contributed by atoms with E-state index in [1.807, 2.05) is 32.9 Å². The summed E-state index contributed by atoms with van der Waals surface area (Å²) in [5.74, 6) is 0.493. The Morgan fingerprint density at radius 1 is 1.25 bits per heavy atom. The summed E-state index contributed by atoms with van der Waals surface area (Å²) in [6.45, 7) is 7.63. The fourth-order valence-electron chi connectivity index (χ4n) is 1.69. The van der Waals surface area contributed by atoms with Crippen LogP contribution in [0, 0.1) is 12.7 Å². The molecule has 2 rings (SSSR count). The molecule has 0 spiro atoms. The average molecular weight is 221 g/mol. The fourth-order valence-corrected chi connectivity index (χ4v) is 1.69. The minimum absolute atomic E-state index is 0.200. The molecule has 3 heteroatoms. The van der Waals surface area contributed by atoms with Crippen LogP contribution >= 0.6 is 0 Å². The van der Waals surface area contributed by atoms with Gasteiger partial charge >= 0.3 is 0 Å². The van der Waals surface area contributed by atoms with Gasteiger partial charge in [-0.15, -0.1) is 0 Å². The van der Waals surface area contributed by atoms with E-state index in [1.54, 1.807) is 13.0 Å². The molecule has 0 bridgehead atoms. The SMILES string of the molecule is Cc1[nH]c2ccc(OC(C)(C)C)cc2c1F. The lowest BCUT2D eigenvalue weighted by molar-refractivity contribution is 0.131. The van der Waals surface area contributed by atoms with Gasteiger partial charge in [-0.05, 0) is 45.9 Å². The Morgan fingerprint density at radius 2 is 1.94 bits per heavy atom. The number of rotatable bonds is 1. The third-order valence-electron chi connectivity index (χ3n) is 2.30. The lowest BCUT2D eigenvalue weighted by Gasteiger charge is -2.21. The van der Waals surface area contributed by atoms with Crippen molar-refractivity contribution in [2.75, 3.05) is 0 Å². The Labute approximate surface area is 94.4 Å². The van der Waals surface area contributed by atoms with Gasteiger partial charge in [0.25, 0.3) is 0 Å². The standard InChI is InChI=1S/C13H16FNO/c1-8-12(14)10-7-9(16-13(2,3)4)5-6-11(10)15-8/h5-7,15H,1-4H3. The molecule has 86 valence electrons. The zero-order chi connectivity index (χ0) is 11.9. The molecule has 2 aromatic rings. The van der Waals surface area contributed by atoms with Gasteiger partial charge in [0.15, 0.2) is 5.82 Å². The summed E-state index contributed by atoms with van der Waals surface area (Å²) in [6.07, 6.45) is 0. The third kappa shape index (κ3) is 2.03. The molecule has 1 aromatic carbocycles. The number of aromatic amines is 1. The number of hydrogen-bond donors (Lipinski definition) is 1. The Bertz CT molecular complexity index is 522. The van der Waals surface area contributed by atoms with E-state index < -0.39 is 0 Å². The van der Waals surface area contributed by atoms with Crippen LogP contribution < -0.4 is 4.74 Å². The Hall–Kier alpha value is -1.51. The summed E-state index contributed by atoms with van der Waals surface area (Å²) >= 11 is 0. The number of nitrogens with one attached hydrogen (secondary N) is 1.